The minimum absolute atomic E-state index is 0.188. The van der Waals surface area contributed by atoms with Crippen LogP contribution in [0.15, 0.2) is 0 Å². The summed E-state index contributed by atoms with van der Waals surface area (Å²) in [4.78, 5) is 10.6. The Bertz CT molecular complexity index is 84.4. The Hall–Kier alpha value is -0.180. The van der Waals surface area contributed by atoms with Crippen LogP contribution in [-0.2, 0) is 4.79 Å². The zero-order valence-corrected chi connectivity index (χ0v) is 5.46. The van der Waals surface area contributed by atoms with Crippen molar-refractivity contribution in [2.45, 2.75) is 6.42 Å². The van der Waals surface area contributed by atoms with Crippen molar-refractivity contribution in [1.29, 1.82) is 0 Å². The zero-order valence-electron chi connectivity index (χ0n) is 4.64. The molecule has 0 bridgehead atoms. The van der Waals surface area contributed by atoms with Gasteiger partial charge in [0.1, 0.15) is 0 Å². The molecule has 0 aromatic heterocycles. The van der Waals surface area contributed by atoms with Crippen LogP contribution >= 0.6 is 11.8 Å². The van der Waals surface area contributed by atoms with Crippen LogP contribution in [0, 0.1) is 0 Å². The summed E-state index contributed by atoms with van der Waals surface area (Å²) in [6.45, 7) is 0.867. The first-order valence-corrected chi connectivity index (χ1v) is 3.89. The fourth-order valence-electron chi connectivity index (χ4n) is 0.618. The first-order chi connectivity index (χ1) is 3.89. The number of hydrogen-bond acceptors (Lipinski definition) is 2. The molecule has 0 spiro atoms. The van der Waals surface area contributed by atoms with E-state index >= 15 is 0 Å². The maximum Gasteiger partial charge on any atom is 0.229 e. The van der Waals surface area contributed by atoms with Crippen molar-refractivity contribution in [1.82, 2.24) is 5.32 Å². The molecule has 1 aliphatic rings. The number of rotatable bonds is 0. The molecule has 1 rings (SSSR count). The van der Waals surface area contributed by atoms with Crippen LogP contribution in [-0.4, -0.2) is 24.0 Å². The molecule has 0 radical (unpaired) electrons. The highest BCUT2D eigenvalue weighted by Crippen LogP contribution is 2.03. The molecule has 8 heavy (non-hydrogen) atoms. The van der Waals surface area contributed by atoms with Crippen molar-refractivity contribution in [2.24, 2.45) is 0 Å². The van der Waals surface area contributed by atoms with Crippen LogP contribution in [0.4, 0.5) is 0 Å². The third-order valence-electron chi connectivity index (χ3n) is 1.02. The lowest BCUT2D eigenvalue weighted by Crippen LogP contribution is -2.23. The van der Waals surface area contributed by atoms with E-state index in [-0.39, 0.29) is 5.91 Å². The van der Waals surface area contributed by atoms with Gasteiger partial charge in [0.25, 0.3) is 0 Å². The maximum atomic E-state index is 10.6. The van der Waals surface area contributed by atoms with Crippen molar-refractivity contribution in [3.63, 3.8) is 0 Å². The Morgan fingerprint density at radius 1 is 1.62 bits per heavy atom. The van der Waals surface area contributed by atoms with Gasteiger partial charge in [-0.3, -0.25) is 4.79 Å². The van der Waals surface area contributed by atoms with Gasteiger partial charge in [0.2, 0.25) is 5.91 Å². The highest BCUT2D eigenvalue weighted by Gasteiger charge is 2.03. The van der Waals surface area contributed by atoms with Crippen LogP contribution in [0.5, 0.6) is 0 Å². The van der Waals surface area contributed by atoms with Crippen LogP contribution in [0.25, 0.3) is 0 Å². The van der Waals surface area contributed by atoms with E-state index in [2.05, 4.69) is 5.32 Å². The molecular formula is C5H9NOS. The maximum absolute atomic E-state index is 10.6. The van der Waals surface area contributed by atoms with Crippen LogP contribution in [0.1, 0.15) is 6.42 Å². The van der Waals surface area contributed by atoms with Gasteiger partial charge >= 0.3 is 0 Å². The van der Waals surface area contributed by atoms with Gasteiger partial charge in [-0.2, -0.15) is 11.8 Å². The molecule has 0 atom stereocenters. The molecule has 0 unspecified atom stereocenters. The highest BCUT2D eigenvalue weighted by atomic mass is 32.2. The number of amides is 1. The normalized spacial score (nSPS) is 21.8. The molecule has 0 aliphatic carbocycles. The molecule has 1 saturated heterocycles. The molecule has 2 nitrogen and oxygen atoms in total. The molecule has 3 heteroatoms. The van der Waals surface area contributed by atoms with Crippen molar-refractivity contribution in [3.05, 3.63) is 0 Å². The van der Waals surface area contributed by atoms with Crippen LogP contribution in [0.2, 0.25) is 0 Å². The van der Waals surface area contributed by atoms with E-state index in [1.54, 1.807) is 11.8 Å². The Kier molecular flexibility index (Phi) is 2.21. The molecule has 1 fully saturated rings. The molecule has 0 aromatic rings. The van der Waals surface area contributed by atoms with Gasteiger partial charge in [-0.25, -0.2) is 0 Å². The van der Waals surface area contributed by atoms with Gasteiger partial charge in [0, 0.05) is 6.54 Å². The molecule has 1 heterocycles. The predicted octanol–water partition coefficient (Wildman–Crippen LogP) is 0.240. The van der Waals surface area contributed by atoms with Gasteiger partial charge in [0.05, 0.1) is 5.75 Å². The molecule has 1 aliphatic heterocycles. The van der Waals surface area contributed by atoms with E-state index in [4.69, 9.17) is 0 Å². The van der Waals surface area contributed by atoms with E-state index < -0.39 is 0 Å². The van der Waals surface area contributed by atoms with Crippen molar-refractivity contribution >= 4 is 17.7 Å². The Balaban J connectivity index is 2.27. The number of nitrogens with one attached hydrogen (secondary N) is 1. The number of carbonyl (C=O) groups is 1. The van der Waals surface area contributed by atoms with Crippen molar-refractivity contribution < 1.29 is 4.79 Å². The quantitative estimate of drug-likeness (QED) is 0.510. The molecule has 1 N–H and O–H groups in total. The lowest BCUT2D eigenvalue weighted by Gasteiger charge is -1.93. The van der Waals surface area contributed by atoms with Crippen LogP contribution < -0.4 is 5.32 Å². The van der Waals surface area contributed by atoms with Gasteiger partial charge in [-0.15, -0.1) is 0 Å². The fourth-order valence-corrected chi connectivity index (χ4v) is 1.40. The second-order valence-corrected chi connectivity index (χ2v) is 2.86. The zero-order chi connectivity index (χ0) is 5.82. The molecule has 0 saturated carbocycles. The SMILES string of the molecule is O=C1CSCCCN1. The Morgan fingerprint density at radius 3 is 3.38 bits per heavy atom. The van der Waals surface area contributed by atoms with E-state index in [0.717, 1.165) is 18.7 Å². The summed E-state index contributed by atoms with van der Waals surface area (Å²) in [5.74, 6) is 1.96. The standard InChI is InChI=1S/C5H9NOS/c7-5-4-8-3-1-2-6-5/h1-4H2,(H,6,7). The average Bonchev–Trinajstić information content (AvgIpc) is 1.94. The van der Waals surface area contributed by atoms with Gasteiger partial charge in [0.15, 0.2) is 0 Å². The Labute approximate surface area is 53.0 Å². The summed E-state index contributed by atoms with van der Waals surface area (Å²) in [6, 6.07) is 0. The van der Waals surface area contributed by atoms with Gasteiger partial charge in [-0.05, 0) is 12.2 Å². The lowest BCUT2D eigenvalue weighted by atomic mass is 10.5. The van der Waals surface area contributed by atoms with E-state index in [1.807, 2.05) is 0 Å². The van der Waals surface area contributed by atoms with E-state index in [9.17, 15) is 4.79 Å². The molecule has 0 aromatic carbocycles. The average molecular weight is 131 g/mol. The first kappa shape index (κ1) is 5.95. The minimum Gasteiger partial charge on any atom is -0.355 e. The van der Waals surface area contributed by atoms with Crippen LogP contribution in [0.3, 0.4) is 0 Å². The van der Waals surface area contributed by atoms with E-state index in [0.29, 0.717) is 5.75 Å². The summed E-state index contributed by atoms with van der Waals surface area (Å²) >= 11 is 1.71. The molecule has 46 valence electrons. The van der Waals surface area contributed by atoms with Gasteiger partial charge in [-0.1, -0.05) is 0 Å². The predicted molar refractivity (Wildman–Crippen MR) is 35.0 cm³/mol. The van der Waals surface area contributed by atoms with Gasteiger partial charge < -0.3 is 5.32 Å². The second kappa shape index (κ2) is 2.97. The minimum atomic E-state index is 0.188. The summed E-state index contributed by atoms with van der Waals surface area (Å²) < 4.78 is 0. The smallest absolute Gasteiger partial charge is 0.229 e. The Morgan fingerprint density at radius 2 is 2.50 bits per heavy atom. The number of hydrogen-bond donors (Lipinski definition) is 1. The molecular weight excluding hydrogens is 122 g/mol. The monoisotopic (exact) mass is 131 g/mol. The second-order valence-electron chi connectivity index (χ2n) is 1.76. The third kappa shape index (κ3) is 1.74. The lowest BCUT2D eigenvalue weighted by molar-refractivity contribution is -0.118. The topological polar surface area (TPSA) is 29.1 Å². The highest BCUT2D eigenvalue weighted by molar-refractivity contribution is 7.99. The summed E-state index contributed by atoms with van der Waals surface area (Å²) in [6.07, 6.45) is 1.12. The first-order valence-electron chi connectivity index (χ1n) is 2.74. The van der Waals surface area contributed by atoms with E-state index in [1.165, 1.54) is 0 Å². The number of thioether (sulfide) groups is 1. The third-order valence-corrected chi connectivity index (χ3v) is 2.06. The summed E-state index contributed by atoms with van der Waals surface area (Å²) in [5, 5.41) is 2.78. The molecule has 1 amide bonds. The number of carbonyl (C=O) groups excluding carboxylic acids is 1. The fraction of sp³-hybridized carbons (Fsp3) is 0.800. The summed E-state index contributed by atoms with van der Waals surface area (Å²) in [7, 11) is 0. The summed E-state index contributed by atoms with van der Waals surface area (Å²) in [5.41, 5.74) is 0. The largest absolute Gasteiger partial charge is 0.355 e. The van der Waals surface area contributed by atoms with Crippen molar-refractivity contribution in [3.8, 4) is 0 Å². The van der Waals surface area contributed by atoms with Crippen molar-refractivity contribution in [2.75, 3.05) is 18.1 Å².